The first-order valence-corrected chi connectivity index (χ1v) is 4.61. The lowest BCUT2D eigenvalue weighted by Crippen LogP contribution is -2.14. The zero-order chi connectivity index (χ0) is 10.4. The zero-order valence-corrected chi connectivity index (χ0v) is 8.53. The summed E-state index contributed by atoms with van der Waals surface area (Å²) in [6.45, 7) is 2.87. The lowest BCUT2D eigenvalue weighted by molar-refractivity contribution is 0.244. The molecule has 0 spiro atoms. The fourth-order valence-corrected chi connectivity index (χ4v) is 0.949. The van der Waals surface area contributed by atoms with Crippen LogP contribution in [-0.2, 0) is 0 Å². The number of rotatable bonds is 5. The van der Waals surface area contributed by atoms with E-state index in [9.17, 15) is 0 Å². The maximum absolute atomic E-state index is 8.81. The number of nitrogens with zero attached hydrogens (tertiary/aromatic N) is 1. The Bertz CT molecular complexity index is 261. The molecule has 0 fully saturated rings. The molecule has 1 unspecified atom stereocenters. The normalized spacial score (nSPS) is 12.2. The van der Waals surface area contributed by atoms with Gasteiger partial charge in [0.25, 0.3) is 0 Å². The van der Waals surface area contributed by atoms with Gasteiger partial charge in [-0.25, -0.2) is 4.98 Å². The minimum absolute atomic E-state index is 0.184. The van der Waals surface area contributed by atoms with Crippen molar-refractivity contribution in [3.05, 3.63) is 18.3 Å². The van der Waals surface area contributed by atoms with Crippen molar-refractivity contribution >= 4 is 5.82 Å². The van der Waals surface area contributed by atoms with Crippen molar-refractivity contribution in [3.8, 4) is 5.75 Å². The van der Waals surface area contributed by atoms with Gasteiger partial charge in [-0.3, -0.25) is 0 Å². The minimum atomic E-state index is 0.184. The second-order valence-electron chi connectivity index (χ2n) is 3.25. The topological polar surface area (TPSA) is 54.4 Å². The summed E-state index contributed by atoms with van der Waals surface area (Å²) in [5.41, 5.74) is 0. The number of aromatic nitrogens is 1. The number of ether oxygens (including phenoxy) is 1. The zero-order valence-electron chi connectivity index (χ0n) is 8.53. The molecule has 0 bridgehead atoms. The molecule has 4 nitrogen and oxygen atoms in total. The van der Waals surface area contributed by atoms with Gasteiger partial charge in [-0.2, -0.15) is 0 Å². The number of pyridine rings is 1. The van der Waals surface area contributed by atoms with Crippen molar-refractivity contribution in [1.82, 2.24) is 4.98 Å². The van der Waals surface area contributed by atoms with Crippen molar-refractivity contribution in [1.29, 1.82) is 0 Å². The summed E-state index contributed by atoms with van der Waals surface area (Å²) in [6.07, 6.45) is 1.66. The molecule has 0 amide bonds. The first kappa shape index (κ1) is 10.8. The lowest BCUT2D eigenvalue weighted by atomic mass is 10.2. The Hall–Kier alpha value is -1.29. The highest BCUT2D eigenvalue weighted by Gasteiger charge is 2.00. The Labute approximate surface area is 83.9 Å². The van der Waals surface area contributed by atoms with E-state index in [-0.39, 0.29) is 12.5 Å². The van der Waals surface area contributed by atoms with Crippen LogP contribution in [0.3, 0.4) is 0 Å². The molecule has 4 heteroatoms. The summed E-state index contributed by atoms with van der Waals surface area (Å²) >= 11 is 0. The molecule has 0 aliphatic rings. The monoisotopic (exact) mass is 196 g/mol. The summed E-state index contributed by atoms with van der Waals surface area (Å²) in [5, 5.41) is 11.9. The number of hydrogen-bond donors (Lipinski definition) is 2. The van der Waals surface area contributed by atoms with Gasteiger partial charge in [-0.05, 0) is 18.1 Å². The Balaban J connectivity index is 2.43. The molecule has 1 atom stereocenters. The van der Waals surface area contributed by atoms with Gasteiger partial charge in [0.1, 0.15) is 11.6 Å². The fourth-order valence-electron chi connectivity index (χ4n) is 0.949. The van der Waals surface area contributed by atoms with Crippen molar-refractivity contribution in [2.45, 2.75) is 6.92 Å². The van der Waals surface area contributed by atoms with Crippen molar-refractivity contribution in [2.24, 2.45) is 5.92 Å². The minimum Gasteiger partial charge on any atom is -0.495 e. The molecule has 14 heavy (non-hydrogen) atoms. The van der Waals surface area contributed by atoms with Gasteiger partial charge in [0.15, 0.2) is 0 Å². The van der Waals surface area contributed by atoms with E-state index in [4.69, 9.17) is 9.84 Å². The lowest BCUT2D eigenvalue weighted by Gasteiger charge is -2.10. The molecule has 0 aromatic carbocycles. The van der Waals surface area contributed by atoms with E-state index < -0.39 is 0 Å². The predicted molar refractivity (Wildman–Crippen MR) is 55.5 cm³/mol. The van der Waals surface area contributed by atoms with Gasteiger partial charge >= 0.3 is 0 Å². The Morgan fingerprint density at radius 2 is 2.36 bits per heavy atom. The third-order valence-corrected chi connectivity index (χ3v) is 1.92. The number of methoxy groups -OCH3 is 1. The highest BCUT2D eigenvalue weighted by Crippen LogP contribution is 2.11. The van der Waals surface area contributed by atoms with Crippen LogP contribution in [0.4, 0.5) is 5.82 Å². The van der Waals surface area contributed by atoms with Crippen molar-refractivity contribution in [2.75, 3.05) is 25.6 Å². The molecule has 2 N–H and O–H groups in total. The van der Waals surface area contributed by atoms with E-state index in [1.807, 2.05) is 19.1 Å². The van der Waals surface area contributed by atoms with E-state index in [1.54, 1.807) is 13.3 Å². The van der Waals surface area contributed by atoms with E-state index >= 15 is 0 Å². The average Bonchev–Trinajstić information content (AvgIpc) is 2.26. The Morgan fingerprint density at radius 1 is 1.57 bits per heavy atom. The molecule has 78 valence electrons. The predicted octanol–water partition coefficient (Wildman–Crippen LogP) is 1.13. The van der Waals surface area contributed by atoms with Crippen LogP contribution < -0.4 is 10.1 Å². The second-order valence-corrected chi connectivity index (χ2v) is 3.25. The number of anilines is 1. The average molecular weight is 196 g/mol. The third kappa shape index (κ3) is 3.22. The number of hydrogen-bond acceptors (Lipinski definition) is 4. The van der Waals surface area contributed by atoms with Crippen LogP contribution in [0.5, 0.6) is 5.75 Å². The molecule has 1 aromatic heterocycles. The van der Waals surface area contributed by atoms with E-state index in [0.717, 1.165) is 18.1 Å². The second kappa shape index (κ2) is 5.44. The Kier molecular flexibility index (Phi) is 4.19. The quantitative estimate of drug-likeness (QED) is 0.741. The van der Waals surface area contributed by atoms with Gasteiger partial charge in [0, 0.05) is 13.2 Å². The molecular weight excluding hydrogens is 180 g/mol. The van der Waals surface area contributed by atoms with Crippen molar-refractivity contribution in [3.63, 3.8) is 0 Å². The number of aliphatic hydroxyl groups is 1. The van der Waals surface area contributed by atoms with Crippen LogP contribution in [0.2, 0.25) is 0 Å². The van der Waals surface area contributed by atoms with Crippen LogP contribution in [0, 0.1) is 5.92 Å². The molecule has 1 rings (SSSR count). The highest BCUT2D eigenvalue weighted by atomic mass is 16.5. The molecular formula is C10H16N2O2. The van der Waals surface area contributed by atoms with Crippen LogP contribution in [-0.4, -0.2) is 30.4 Å². The largest absolute Gasteiger partial charge is 0.495 e. The van der Waals surface area contributed by atoms with Crippen LogP contribution in [0.15, 0.2) is 18.3 Å². The van der Waals surface area contributed by atoms with Gasteiger partial charge in [-0.1, -0.05) is 6.92 Å². The molecule has 0 aliphatic heterocycles. The summed E-state index contributed by atoms with van der Waals surface area (Å²) < 4.78 is 4.99. The van der Waals surface area contributed by atoms with E-state index in [0.29, 0.717) is 0 Å². The third-order valence-electron chi connectivity index (χ3n) is 1.92. The van der Waals surface area contributed by atoms with Crippen LogP contribution in [0.25, 0.3) is 0 Å². The molecule has 1 aromatic rings. The first-order chi connectivity index (χ1) is 6.76. The fraction of sp³-hybridized carbons (Fsp3) is 0.500. The summed E-state index contributed by atoms with van der Waals surface area (Å²) in [7, 11) is 1.61. The summed E-state index contributed by atoms with van der Waals surface area (Å²) in [5.74, 6) is 1.77. The smallest absolute Gasteiger partial charge is 0.137 e. The van der Waals surface area contributed by atoms with Crippen LogP contribution in [0.1, 0.15) is 6.92 Å². The first-order valence-electron chi connectivity index (χ1n) is 4.61. The van der Waals surface area contributed by atoms with Gasteiger partial charge in [0.05, 0.1) is 13.3 Å². The summed E-state index contributed by atoms with van der Waals surface area (Å²) in [4.78, 5) is 4.14. The van der Waals surface area contributed by atoms with E-state index in [1.165, 1.54) is 0 Å². The number of nitrogens with one attached hydrogen (secondary N) is 1. The molecule has 1 heterocycles. The standard InChI is InChI=1S/C10H16N2O2/c1-8(7-13)5-11-10-4-3-9(14-2)6-12-10/h3-4,6,8,13H,5,7H2,1-2H3,(H,11,12). The van der Waals surface area contributed by atoms with Crippen molar-refractivity contribution < 1.29 is 9.84 Å². The molecule has 0 radical (unpaired) electrons. The van der Waals surface area contributed by atoms with Gasteiger partial charge in [0.2, 0.25) is 0 Å². The molecule has 0 saturated carbocycles. The number of aliphatic hydroxyl groups excluding tert-OH is 1. The van der Waals surface area contributed by atoms with E-state index in [2.05, 4.69) is 10.3 Å². The maximum Gasteiger partial charge on any atom is 0.137 e. The van der Waals surface area contributed by atoms with Gasteiger partial charge in [-0.15, -0.1) is 0 Å². The Morgan fingerprint density at radius 3 is 2.86 bits per heavy atom. The molecule has 0 aliphatic carbocycles. The molecule has 0 saturated heterocycles. The SMILES string of the molecule is COc1ccc(NCC(C)CO)nc1. The van der Waals surface area contributed by atoms with Gasteiger partial charge < -0.3 is 15.2 Å². The van der Waals surface area contributed by atoms with Crippen LogP contribution >= 0.6 is 0 Å². The maximum atomic E-state index is 8.81. The summed E-state index contributed by atoms with van der Waals surface area (Å²) in [6, 6.07) is 3.70. The highest BCUT2D eigenvalue weighted by molar-refractivity contribution is 5.37.